The second-order valence-corrected chi connectivity index (χ2v) is 6.01. The first-order valence-electron chi connectivity index (χ1n) is 5.81. The fourth-order valence-corrected chi connectivity index (χ4v) is 2.52. The zero-order valence-electron chi connectivity index (χ0n) is 10.2. The van der Waals surface area contributed by atoms with E-state index in [1.54, 1.807) is 11.3 Å². The number of thiazole rings is 1. The number of fused-ring (bicyclic) bond motifs is 1. The van der Waals surface area contributed by atoms with Gasteiger partial charge in [-0.15, -0.1) is 0 Å². The molecule has 0 aliphatic heterocycles. The summed E-state index contributed by atoms with van der Waals surface area (Å²) in [4.78, 5) is 4.52. The summed E-state index contributed by atoms with van der Waals surface area (Å²) in [5, 5.41) is 13.3. The number of aliphatic hydroxyl groups is 1. The van der Waals surface area contributed by atoms with Gasteiger partial charge in [0.1, 0.15) is 0 Å². The topological polar surface area (TPSA) is 45.1 Å². The summed E-state index contributed by atoms with van der Waals surface area (Å²) in [6.45, 7) is 5.34. The molecule has 0 fully saturated rings. The normalized spacial score (nSPS) is 11.9. The Labute approximate surface area is 106 Å². The van der Waals surface area contributed by atoms with Crippen LogP contribution in [0.4, 0.5) is 5.13 Å². The van der Waals surface area contributed by atoms with Crippen molar-refractivity contribution in [3.05, 3.63) is 24.3 Å². The molecule has 92 valence electrons. The van der Waals surface area contributed by atoms with Crippen LogP contribution < -0.4 is 5.32 Å². The van der Waals surface area contributed by atoms with Crippen molar-refractivity contribution in [3.8, 4) is 0 Å². The Kier molecular flexibility index (Phi) is 3.64. The molecular formula is C13H18N2OS. The molecule has 4 heteroatoms. The molecule has 17 heavy (non-hydrogen) atoms. The Morgan fingerprint density at radius 1 is 1.35 bits per heavy atom. The van der Waals surface area contributed by atoms with Gasteiger partial charge in [-0.05, 0) is 24.0 Å². The Hall–Kier alpha value is -1.13. The van der Waals surface area contributed by atoms with Crippen molar-refractivity contribution in [2.75, 3.05) is 18.5 Å². The van der Waals surface area contributed by atoms with E-state index in [0.29, 0.717) is 0 Å². The molecule has 1 aromatic carbocycles. The standard InChI is InChI=1S/C13H18N2OS/c1-13(2,7-8-16)9-14-12-15-10-5-3-4-6-11(10)17-12/h3-6,16H,7-9H2,1-2H3,(H,14,15). The van der Waals surface area contributed by atoms with E-state index in [2.05, 4.69) is 30.2 Å². The third kappa shape index (κ3) is 3.17. The zero-order valence-corrected chi connectivity index (χ0v) is 11.0. The highest BCUT2D eigenvalue weighted by atomic mass is 32.1. The molecule has 2 rings (SSSR count). The van der Waals surface area contributed by atoms with Gasteiger partial charge in [-0.25, -0.2) is 4.98 Å². The first kappa shape index (κ1) is 12.3. The van der Waals surface area contributed by atoms with E-state index >= 15 is 0 Å². The largest absolute Gasteiger partial charge is 0.396 e. The molecule has 2 aromatic rings. The second-order valence-electron chi connectivity index (χ2n) is 4.98. The number of para-hydroxylation sites is 1. The monoisotopic (exact) mass is 250 g/mol. The van der Waals surface area contributed by atoms with Crippen LogP contribution in [-0.4, -0.2) is 23.2 Å². The number of aliphatic hydroxyl groups excluding tert-OH is 1. The number of aromatic nitrogens is 1. The summed E-state index contributed by atoms with van der Waals surface area (Å²) < 4.78 is 1.20. The molecule has 0 atom stereocenters. The quantitative estimate of drug-likeness (QED) is 0.857. The molecule has 0 saturated heterocycles. The van der Waals surface area contributed by atoms with Crippen molar-refractivity contribution in [1.29, 1.82) is 0 Å². The Morgan fingerprint density at radius 3 is 2.82 bits per heavy atom. The average Bonchev–Trinajstić information content (AvgIpc) is 2.69. The van der Waals surface area contributed by atoms with E-state index < -0.39 is 0 Å². The maximum absolute atomic E-state index is 8.97. The molecule has 1 heterocycles. The predicted octanol–water partition coefficient (Wildman–Crippen LogP) is 3.12. The number of nitrogens with one attached hydrogen (secondary N) is 1. The van der Waals surface area contributed by atoms with Gasteiger partial charge in [0.25, 0.3) is 0 Å². The van der Waals surface area contributed by atoms with Crippen LogP contribution in [-0.2, 0) is 0 Å². The number of hydrogen-bond acceptors (Lipinski definition) is 4. The zero-order chi connectivity index (χ0) is 12.3. The second kappa shape index (κ2) is 5.02. The van der Waals surface area contributed by atoms with E-state index in [1.807, 2.05) is 18.2 Å². The summed E-state index contributed by atoms with van der Waals surface area (Å²) in [7, 11) is 0. The fourth-order valence-electron chi connectivity index (χ4n) is 1.65. The van der Waals surface area contributed by atoms with Gasteiger partial charge in [0, 0.05) is 13.2 Å². The molecule has 0 aliphatic carbocycles. The molecule has 0 saturated carbocycles. The van der Waals surface area contributed by atoms with Crippen molar-refractivity contribution in [3.63, 3.8) is 0 Å². The van der Waals surface area contributed by atoms with E-state index in [0.717, 1.165) is 23.6 Å². The maximum Gasteiger partial charge on any atom is 0.183 e. The lowest BCUT2D eigenvalue weighted by molar-refractivity contribution is 0.220. The molecule has 0 unspecified atom stereocenters. The number of benzene rings is 1. The minimum absolute atomic E-state index is 0.0899. The summed E-state index contributed by atoms with van der Waals surface area (Å²) in [5.41, 5.74) is 1.13. The van der Waals surface area contributed by atoms with Crippen molar-refractivity contribution in [2.24, 2.45) is 5.41 Å². The van der Waals surface area contributed by atoms with Crippen LogP contribution >= 0.6 is 11.3 Å². The van der Waals surface area contributed by atoms with Gasteiger partial charge >= 0.3 is 0 Å². The highest BCUT2D eigenvalue weighted by Gasteiger charge is 2.17. The minimum atomic E-state index is 0.0899. The third-order valence-electron chi connectivity index (χ3n) is 2.80. The average molecular weight is 250 g/mol. The highest BCUT2D eigenvalue weighted by Crippen LogP contribution is 2.27. The first-order chi connectivity index (χ1) is 8.11. The Balaban J connectivity index is 2.04. The van der Waals surface area contributed by atoms with Gasteiger partial charge in [-0.2, -0.15) is 0 Å². The molecule has 0 radical (unpaired) electrons. The highest BCUT2D eigenvalue weighted by molar-refractivity contribution is 7.22. The smallest absolute Gasteiger partial charge is 0.183 e. The lowest BCUT2D eigenvalue weighted by Crippen LogP contribution is -2.24. The van der Waals surface area contributed by atoms with Crippen molar-refractivity contribution in [2.45, 2.75) is 20.3 Å². The molecule has 0 amide bonds. The van der Waals surface area contributed by atoms with E-state index in [1.165, 1.54) is 4.70 Å². The first-order valence-corrected chi connectivity index (χ1v) is 6.63. The minimum Gasteiger partial charge on any atom is -0.396 e. The maximum atomic E-state index is 8.97. The number of rotatable bonds is 5. The number of nitrogens with zero attached hydrogens (tertiary/aromatic N) is 1. The lowest BCUT2D eigenvalue weighted by atomic mass is 9.90. The summed E-state index contributed by atoms with van der Waals surface area (Å²) in [6.07, 6.45) is 0.797. The summed E-state index contributed by atoms with van der Waals surface area (Å²) in [6, 6.07) is 8.13. The van der Waals surface area contributed by atoms with Crippen LogP contribution in [0.5, 0.6) is 0 Å². The molecule has 1 aromatic heterocycles. The molecule has 0 bridgehead atoms. The van der Waals surface area contributed by atoms with Crippen molar-refractivity contribution in [1.82, 2.24) is 4.98 Å². The lowest BCUT2D eigenvalue weighted by Gasteiger charge is -2.23. The van der Waals surface area contributed by atoms with Crippen LogP contribution in [0.25, 0.3) is 10.2 Å². The predicted molar refractivity (Wildman–Crippen MR) is 73.6 cm³/mol. The van der Waals surface area contributed by atoms with Crippen LogP contribution in [0.3, 0.4) is 0 Å². The molecular weight excluding hydrogens is 232 g/mol. The number of anilines is 1. The van der Waals surface area contributed by atoms with Crippen LogP contribution in [0.15, 0.2) is 24.3 Å². The van der Waals surface area contributed by atoms with Gasteiger partial charge in [0.05, 0.1) is 10.2 Å². The van der Waals surface area contributed by atoms with Gasteiger partial charge < -0.3 is 10.4 Å². The third-order valence-corrected chi connectivity index (χ3v) is 3.79. The van der Waals surface area contributed by atoms with Gasteiger partial charge in [0.15, 0.2) is 5.13 Å². The van der Waals surface area contributed by atoms with Crippen LogP contribution in [0, 0.1) is 5.41 Å². The van der Waals surface area contributed by atoms with E-state index in [-0.39, 0.29) is 12.0 Å². The van der Waals surface area contributed by atoms with Crippen molar-refractivity contribution >= 4 is 26.7 Å². The molecule has 2 N–H and O–H groups in total. The fraction of sp³-hybridized carbons (Fsp3) is 0.462. The van der Waals surface area contributed by atoms with Gasteiger partial charge in [-0.1, -0.05) is 37.3 Å². The van der Waals surface area contributed by atoms with Crippen LogP contribution in [0.1, 0.15) is 20.3 Å². The molecule has 3 nitrogen and oxygen atoms in total. The molecule has 0 aliphatic rings. The summed E-state index contributed by atoms with van der Waals surface area (Å²) in [5.74, 6) is 0. The number of hydrogen-bond donors (Lipinski definition) is 2. The SMILES string of the molecule is CC(C)(CCO)CNc1nc2ccccc2s1. The van der Waals surface area contributed by atoms with E-state index in [9.17, 15) is 0 Å². The Morgan fingerprint density at radius 2 is 2.12 bits per heavy atom. The molecule has 0 spiro atoms. The summed E-state index contributed by atoms with van der Waals surface area (Å²) >= 11 is 1.67. The Bertz CT molecular complexity index is 460. The van der Waals surface area contributed by atoms with E-state index in [4.69, 9.17) is 5.11 Å². The van der Waals surface area contributed by atoms with Crippen LogP contribution in [0.2, 0.25) is 0 Å². The van der Waals surface area contributed by atoms with Crippen molar-refractivity contribution < 1.29 is 5.11 Å². The van der Waals surface area contributed by atoms with Gasteiger partial charge in [-0.3, -0.25) is 0 Å². The van der Waals surface area contributed by atoms with Gasteiger partial charge in [0.2, 0.25) is 0 Å².